The molecule has 1 aromatic rings. The molecular formula is C9H14BrN3O3. The van der Waals surface area contributed by atoms with Crippen LogP contribution in [-0.4, -0.2) is 41.8 Å². The van der Waals surface area contributed by atoms with Gasteiger partial charge in [-0.3, -0.25) is 4.79 Å². The fourth-order valence-corrected chi connectivity index (χ4v) is 1.56. The lowest BCUT2D eigenvalue weighted by Crippen LogP contribution is -2.26. The highest BCUT2D eigenvalue weighted by Gasteiger charge is 2.07. The molecule has 0 atom stereocenters. The van der Waals surface area contributed by atoms with Crippen LogP contribution in [0.2, 0.25) is 0 Å². The summed E-state index contributed by atoms with van der Waals surface area (Å²) >= 11 is 3.19. The first-order chi connectivity index (χ1) is 7.70. The van der Waals surface area contributed by atoms with Crippen molar-refractivity contribution in [2.45, 2.75) is 6.54 Å². The summed E-state index contributed by atoms with van der Waals surface area (Å²) in [6.07, 6.45) is 1.54. The second-order valence-corrected chi connectivity index (χ2v) is 3.84. The number of methoxy groups -OCH3 is 1. The van der Waals surface area contributed by atoms with E-state index in [-0.39, 0.29) is 12.2 Å². The zero-order chi connectivity index (χ0) is 12.0. The van der Waals surface area contributed by atoms with E-state index in [9.17, 15) is 4.79 Å². The van der Waals surface area contributed by atoms with E-state index in [1.54, 1.807) is 7.11 Å². The number of ether oxygens (including phenoxy) is 1. The van der Waals surface area contributed by atoms with Crippen molar-refractivity contribution in [2.75, 3.05) is 32.2 Å². The maximum atomic E-state index is 11.8. The minimum Gasteiger partial charge on any atom is -0.395 e. The molecule has 16 heavy (non-hydrogen) atoms. The third-order valence-electron chi connectivity index (χ3n) is 1.92. The van der Waals surface area contributed by atoms with Gasteiger partial charge in [-0.15, -0.1) is 0 Å². The van der Waals surface area contributed by atoms with E-state index in [4.69, 9.17) is 9.84 Å². The van der Waals surface area contributed by atoms with Gasteiger partial charge in [-0.2, -0.15) is 5.10 Å². The minimum absolute atomic E-state index is 0.000794. The second-order valence-electron chi connectivity index (χ2n) is 3.04. The van der Waals surface area contributed by atoms with Crippen molar-refractivity contribution < 1.29 is 9.84 Å². The van der Waals surface area contributed by atoms with Crippen molar-refractivity contribution in [3.05, 3.63) is 21.0 Å². The maximum absolute atomic E-state index is 11.8. The molecule has 0 aliphatic heterocycles. The zero-order valence-electron chi connectivity index (χ0n) is 8.94. The topological polar surface area (TPSA) is 76.4 Å². The summed E-state index contributed by atoms with van der Waals surface area (Å²) in [7, 11) is 1.57. The minimum atomic E-state index is -0.222. The molecule has 0 saturated heterocycles. The summed E-state index contributed by atoms with van der Waals surface area (Å²) in [5.74, 6) is 0. The van der Waals surface area contributed by atoms with E-state index < -0.39 is 0 Å². The Labute approximate surface area is 101 Å². The van der Waals surface area contributed by atoms with Crippen molar-refractivity contribution in [3.63, 3.8) is 0 Å². The fraction of sp³-hybridized carbons (Fsp3) is 0.556. The number of aliphatic hydroxyl groups is 1. The van der Waals surface area contributed by atoms with Crippen LogP contribution in [0.5, 0.6) is 0 Å². The SMILES string of the molecule is COCCn1ncc(NCCO)c(Br)c1=O. The van der Waals surface area contributed by atoms with Crippen LogP contribution in [0.4, 0.5) is 5.69 Å². The second kappa shape index (κ2) is 6.62. The van der Waals surface area contributed by atoms with Crippen LogP contribution in [0.3, 0.4) is 0 Å². The average Bonchev–Trinajstić information content (AvgIpc) is 2.30. The number of hydrogen-bond donors (Lipinski definition) is 2. The van der Waals surface area contributed by atoms with E-state index in [2.05, 4.69) is 26.3 Å². The van der Waals surface area contributed by atoms with Gasteiger partial charge >= 0.3 is 0 Å². The van der Waals surface area contributed by atoms with Gasteiger partial charge in [-0.1, -0.05) is 0 Å². The third kappa shape index (κ3) is 3.29. The lowest BCUT2D eigenvalue weighted by molar-refractivity contribution is 0.181. The molecule has 0 spiro atoms. The molecule has 0 fully saturated rings. The zero-order valence-corrected chi connectivity index (χ0v) is 10.5. The molecule has 0 aromatic carbocycles. The lowest BCUT2D eigenvalue weighted by atomic mass is 10.4. The summed E-state index contributed by atoms with van der Waals surface area (Å²) in [4.78, 5) is 11.8. The first-order valence-electron chi connectivity index (χ1n) is 4.80. The molecule has 1 heterocycles. The highest BCUT2D eigenvalue weighted by Crippen LogP contribution is 2.15. The summed E-state index contributed by atoms with van der Waals surface area (Å²) < 4.78 is 6.60. The Balaban J connectivity index is 2.85. The van der Waals surface area contributed by atoms with Gasteiger partial charge in [0, 0.05) is 13.7 Å². The Hall–Kier alpha value is -0.920. The summed E-state index contributed by atoms with van der Waals surface area (Å²) in [5.41, 5.74) is 0.354. The monoisotopic (exact) mass is 291 g/mol. The number of rotatable bonds is 6. The molecule has 0 saturated carbocycles. The Morgan fingerprint density at radius 2 is 2.44 bits per heavy atom. The van der Waals surface area contributed by atoms with Crippen LogP contribution in [0, 0.1) is 0 Å². The molecule has 0 unspecified atom stereocenters. The van der Waals surface area contributed by atoms with Crippen molar-refractivity contribution >= 4 is 21.6 Å². The number of hydrogen-bond acceptors (Lipinski definition) is 5. The number of nitrogens with zero attached hydrogens (tertiary/aromatic N) is 2. The predicted molar refractivity (Wildman–Crippen MR) is 63.6 cm³/mol. The van der Waals surface area contributed by atoms with Gasteiger partial charge in [0.1, 0.15) is 4.47 Å². The first kappa shape index (κ1) is 13.1. The Bertz CT molecular complexity index is 394. The summed E-state index contributed by atoms with van der Waals surface area (Å²) in [5, 5.41) is 15.5. The number of aliphatic hydroxyl groups excluding tert-OH is 1. The molecule has 0 aliphatic carbocycles. The number of anilines is 1. The largest absolute Gasteiger partial charge is 0.395 e. The standard InChI is InChI=1S/C9H14BrN3O3/c1-16-5-3-13-9(15)8(10)7(6-12-13)11-2-4-14/h6,11,14H,2-5H2,1H3. The fourth-order valence-electron chi connectivity index (χ4n) is 1.12. The Morgan fingerprint density at radius 1 is 1.69 bits per heavy atom. The molecule has 1 aromatic heterocycles. The molecule has 0 aliphatic rings. The smallest absolute Gasteiger partial charge is 0.283 e. The van der Waals surface area contributed by atoms with E-state index in [1.165, 1.54) is 10.9 Å². The van der Waals surface area contributed by atoms with Crippen LogP contribution in [-0.2, 0) is 11.3 Å². The normalized spacial score (nSPS) is 10.4. The van der Waals surface area contributed by atoms with Crippen molar-refractivity contribution in [2.24, 2.45) is 0 Å². The lowest BCUT2D eigenvalue weighted by Gasteiger charge is -2.09. The third-order valence-corrected chi connectivity index (χ3v) is 2.69. The molecule has 7 heteroatoms. The van der Waals surface area contributed by atoms with Crippen molar-refractivity contribution in [1.82, 2.24) is 9.78 Å². The van der Waals surface area contributed by atoms with Crippen LogP contribution in [0.1, 0.15) is 0 Å². The van der Waals surface area contributed by atoms with Gasteiger partial charge in [0.05, 0.1) is 31.6 Å². The van der Waals surface area contributed by atoms with E-state index in [1.807, 2.05) is 0 Å². The predicted octanol–water partition coefficient (Wildman–Crippen LogP) is 0.0564. The van der Waals surface area contributed by atoms with E-state index in [0.29, 0.717) is 29.9 Å². The average molecular weight is 292 g/mol. The highest BCUT2D eigenvalue weighted by atomic mass is 79.9. The molecule has 90 valence electrons. The number of aromatic nitrogens is 2. The van der Waals surface area contributed by atoms with Gasteiger partial charge in [-0.05, 0) is 15.9 Å². The van der Waals surface area contributed by atoms with Gasteiger partial charge in [0.15, 0.2) is 0 Å². The molecule has 6 nitrogen and oxygen atoms in total. The highest BCUT2D eigenvalue weighted by molar-refractivity contribution is 9.10. The molecule has 0 bridgehead atoms. The molecule has 0 amide bonds. The van der Waals surface area contributed by atoms with Crippen molar-refractivity contribution in [3.8, 4) is 0 Å². The Morgan fingerprint density at radius 3 is 3.06 bits per heavy atom. The molecule has 0 radical (unpaired) electrons. The van der Waals surface area contributed by atoms with Crippen LogP contribution in [0.25, 0.3) is 0 Å². The first-order valence-corrected chi connectivity index (χ1v) is 5.59. The Kier molecular flexibility index (Phi) is 5.44. The van der Waals surface area contributed by atoms with Gasteiger partial charge in [0.2, 0.25) is 0 Å². The van der Waals surface area contributed by atoms with Crippen LogP contribution < -0.4 is 10.9 Å². The van der Waals surface area contributed by atoms with Crippen LogP contribution in [0.15, 0.2) is 15.5 Å². The maximum Gasteiger partial charge on any atom is 0.283 e. The number of nitrogens with one attached hydrogen (secondary N) is 1. The molecule has 2 N–H and O–H groups in total. The summed E-state index contributed by atoms with van der Waals surface area (Å²) in [6, 6.07) is 0. The van der Waals surface area contributed by atoms with Crippen LogP contribution >= 0.6 is 15.9 Å². The van der Waals surface area contributed by atoms with Gasteiger partial charge in [0.25, 0.3) is 5.56 Å². The van der Waals surface area contributed by atoms with E-state index >= 15 is 0 Å². The van der Waals surface area contributed by atoms with E-state index in [0.717, 1.165) is 0 Å². The molecule has 1 rings (SSSR count). The van der Waals surface area contributed by atoms with Crippen molar-refractivity contribution in [1.29, 1.82) is 0 Å². The number of halogens is 1. The van der Waals surface area contributed by atoms with Gasteiger partial charge in [-0.25, -0.2) is 4.68 Å². The summed E-state index contributed by atoms with van der Waals surface area (Å²) in [6.45, 7) is 1.22. The van der Waals surface area contributed by atoms with Gasteiger partial charge < -0.3 is 15.2 Å². The molecular weight excluding hydrogens is 278 g/mol. The quantitative estimate of drug-likeness (QED) is 0.775.